The van der Waals surface area contributed by atoms with Gasteiger partial charge in [-0.2, -0.15) is 0 Å². The van der Waals surface area contributed by atoms with Gasteiger partial charge in [0.25, 0.3) is 0 Å². The highest BCUT2D eigenvalue weighted by Crippen LogP contribution is 2.22. The Bertz CT molecular complexity index is 894. The number of hydrogen-bond donors (Lipinski definition) is 0. The zero-order chi connectivity index (χ0) is 19.2. The maximum atomic E-state index is 11.1. The molecule has 1 aromatic heterocycles. The molecule has 3 rings (SSSR count). The minimum absolute atomic E-state index is 0.157. The van der Waals surface area contributed by atoms with Crippen molar-refractivity contribution >= 4 is 16.9 Å². The summed E-state index contributed by atoms with van der Waals surface area (Å²) in [6, 6.07) is 17.0. The van der Waals surface area contributed by atoms with Crippen LogP contribution in [0.3, 0.4) is 0 Å². The predicted octanol–water partition coefficient (Wildman–Crippen LogP) is 5.30. The van der Waals surface area contributed by atoms with Gasteiger partial charge in [-0.05, 0) is 60.7 Å². The van der Waals surface area contributed by atoms with Crippen LogP contribution in [0.25, 0.3) is 10.9 Å². The lowest BCUT2D eigenvalue weighted by Crippen LogP contribution is -2.06. The van der Waals surface area contributed by atoms with E-state index in [2.05, 4.69) is 48.9 Å². The molecule has 0 aliphatic heterocycles. The molecule has 142 valence electrons. The summed E-state index contributed by atoms with van der Waals surface area (Å²) in [4.78, 5) is 11.1. The fourth-order valence-electron chi connectivity index (χ4n) is 3.06. The molecule has 0 N–H and O–H groups in total. The monoisotopic (exact) mass is 365 g/mol. The number of esters is 1. The topological polar surface area (TPSA) is 40.5 Å². The number of carbonyl (C=O) groups excluding carboxylic acids is 1. The Morgan fingerprint density at radius 1 is 1.04 bits per heavy atom. The van der Waals surface area contributed by atoms with Gasteiger partial charge in [0, 0.05) is 30.6 Å². The van der Waals surface area contributed by atoms with Crippen LogP contribution in [0.15, 0.2) is 54.7 Å². The van der Waals surface area contributed by atoms with Crippen molar-refractivity contribution in [1.82, 2.24) is 4.57 Å². The second kappa shape index (κ2) is 8.76. The van der Waals surface area contributed by atoms with Crippen LogP contribution in [0.5, 0.6) is 5.75 Å². The van der Waals surface area contributed by atoms with Gasteiger partial charge < -0.3 is 14.0 Å². The summed E-state index contributed by atoms with van der Waals surface area (Å²) in [7, 11) is 0. The Balaban J connectivity index is 1.55. The van der Waals surface area contributed by atoms with Crippen LogP contribution in [0, 0.1) is 0 Å². The molecule has 0 spiro atoms. The first-order valence-electron chi connectivity index (χ1n) is 9.53. The molecule has 3 aromatic rings. The molecule has 0 aliphatic carbocycles. The molecule has 0 amide bonds. The zero-order valence-corrected chi connectivity index (χ0v) is 16.3. The van der Waals surface area contributed by atoms with Crippen molar-refractivity contribution < 1.29 is 14.3 Å². The van der Waals surface area contributed by atoms with Crippen LogP contribution in [0.1, 0.15) is 44.4 Å². The van der Waals surface area contributed by atoms with E-state index in [-0.39, 0.29) is 5.97 Å². The fourth-order valence-corrected chi connectivity index (χ4v) is 3.06. The Kier molecular flexibility index (Phi) is 6.17. The lowest BCUT2D eigenvalue weighted by molar-refractivity contribution is -0.143. The van der Waals surface area contributed by atoms with E-state index in [1.165, 1.54) is 10.9 Å². The molecular formula is C23H27NO3. The van der Waals surface area contributed by atoms with Crippen LogP contribution in [-0.2, 0) is 22.6 Å². The van der Waals surface area contributed by atoms with E-state index >= 15 is 0 Å². The molecule has 0 saturated carbocycles. The van der Waals surface area contributed by atoms with E-state index in [0.29, 0.717) is 25.7 Å². The Morgan fingerprint density at radius 2 is 1.78 bits per heavy atom. The summed E-state index contributed by atoms with van der Waals surface area (Å²) in [5, 5.41) is 1.24. The van der Waals surface area contributed by atoms with Crippen LogP contribution < -0.4 is 4.74 Å². The van der Waals surface area contributed by atoms with E-state index in [1.807, 2.05) is 24.3 Å². The highest BCUT2D eigenvalue weighted by atomic mass is 16.5. The number of carbonyl (C=O) groups is 1. The summed E-state index contributed by atoms with van der Waals surface area (Å²) in [6.07, 6.45) is 3.27. The number of nitrogens with zero attached hydrogens (tertiary/aromatic N) is 1. The quantitative estimate of drug-likeness (QED) is 0.509. The van der Waals surface area contributed by atoms with Crippen molar-refractivity contribution in [3.05, 3.63) is 65.9 Å². The number of rotatable bonds is 8. The van der Waals surface area contributed by atoms with Crippen molar-refractivity contribution in [2.45, 2.75) is 46.3 Å². The molecule has 0 fully saturated rings. The van der Waals surface area contributed by atoms with Crippen LogP contribution in [-0.4, -0.2) is 17.1 Å². The average molecular weight is 365 g/mol. The number of aromatic nitrogens is 1. The predicted molar refractivity (Wildman–Crippen MR) is 108 cm³/mol. The van der Waals surface area contributed by atoms with Gasteiger partial charge in [0.2, 0.25) is 0 Å². The van der Waals surface area contributed by atoms with Crippen molar-refractivity contribution in [3.8, 4) is 5.75 Å². The van der Waals surface area contributed by atoms with Crippen molar-refractivity contribution in [1.29, 1.82) is 0 Å². The third-order valence-electron chi connectivity index (χ3n) is 4.61. The summed E-state index contributed by atoms with van der Waals surface area (Å²) in [6.45, 7) is 7.13. The van der Waals surface area contributed by atoms with Crippen LogP contribution in [0.4, 0.5) is 0 Å². The molecule has 27 heavy (non-hydrogen) atoms. The maximum Gasteiger partial charge on any atom is 0.305 e. The van der Waals surface area contributed by atoms with Crippen molar-refractivity contribution in [3.63, 3.8) is 0 Å². The summed E-state index contributed by atoms with van der Waals surface area (Å²) >= 11 is 0. The Labute approximate surface area is 160 Å². The smallest absolute Gasteiger partial charge is 0.305 e. The molecule has 4 heteroatoms. The molecule has 4 nitrogen and oxygen atoms in total. The SMILES string of the molecule is CCC(=O)OCCc1ccc(OCc2ccc3c(ccn3C(C)C)c2)cc1. The van der Waals surface area contributed by atoms with Gasteiger partial charge >= 0.3 is 5.97 Å². The average Bonchev–Trinajstić information content (AvgIpc) is 3.10. The molecule has 2 aromatic carbocycles. The summed E-state index contributed by atoms with van der Waals surface area (Å²) in [5.74, 6) is 0.680. The fraction of sp³-hybridized carbons (Fsp3) is 0.348. The molecule has 0 bridgehead atoms. The first-order valence-corrected chi connectivity index (χ1v) is 9.53. The third kappa shape index (κ3) is 4.91. The normalized spacial score (nSPS) is 11.1. The Morgan fingerprint density at radius 3 is 2.48 bits per heavy atom. The standard InChI is InChI=1S/C23H27NO3/c1-4-23(25)26-14-12-18-5-8-21(9-6-18)27-16-19-7-10-22-20(15-19)11-13-24(22)17(2)3/h5-11,13,15,17H,4,12,14,16H2,1-3H3. The first kappa shape index (κ1) is 19.0. The van der Waals surface area contributed by atoms with Gasteiger partial charge in [-0.3, -0.25) is 4.79 Å². The molecule has 0 radical (unpaired) electrons. The largest absolute Gasteiger partial charge is 0.489 e. The molecule has 0 atom stereocenters. The van der Waals surface area contributed by atoms with E-state index in [0.717, 1.165) is 23.3 Å². The maximum absolute atomic E-state index is 11.1. The zero-order valence-electron chi connectivity index (χ0n) is 16.3. The summed E-state index contributed by atoms with van der Waals surface area (Å²) < 4.78 is 13.3. The minimum Gasteiger partial charge on any atom is -0.489 e. The van der Waals surface area contributed by atoms with Gasteiger partial charge in [-0.1, -0.05) is 25.1 Å². The lowest BCUT2D eigenvalue weighted by atomic mass is 10.1. The third-order valence-corrected chi connectivity index (χ3v) is 4.61. The molecular weight excluding hydrogens is 338 g/mol. The number of benzene rings is 2. The van der Waals surface area contributed by atoms with Gasteiger partial charge in [0.05, 0.1) is 6.61 Å². The van der Waals surface area contributed by atoms with Crippen molar-refractivity contribution in [2.24, 2.45) is 0 Å². The Hall–Kier alpha value is -2.75. The minimum atomic E-state index is -0.157. The van der Waals surface area contributed by atoms with Gasteiger partial charge in [-0.15, -0.1) is 0 Å². The molecule has 0 unspecified atom stereocenters. The second-order valence-corrected chi connectivity index (χ2v) is 6.97. The molecule has 0 saturated heterocycles. The van der Waals surface area contributed by atoms with Gasteiger partial charge in [-0.25, -0.2) is 0 Å². The van der Waals surface area contributed by atoms with Gasteiger partial charge in [0.15, 0.2) is 0 Å². The lowest BCUT2D eigenvalue weighted by Gasteiger charge is -2.10. The summed E-state index contributed by atoms with van der Waals surface area (Å²) in [5.41, 5.74) is 3.53. The van der Waals surface area contributed by atoms with Crippen molar-refractivity contribution in [2.75, 3.05) is 6.61 Å². The molecule has 0 aliphatic rings. The second-order valence-electron chi connectivity index (χ2n) is 6.97. The van der Waals surface area contributed by atoms with Crippen LogP contribution in [0.2, 0.25) is 0 Å². The van der Waals surface area contributed by atoms with E-state index < -0.39 is 0 Å². The van der Waals surface area contributed by atoms with Gasteiger partial charge in [0.1, 0.15) is 12.4 Å². The highest BCUT2D eigenvalue weighted by molar-refractivity contribution is 5.81. The van der Waals surface area contributed by atoms with E-state index in [1.54, 1.807) is 6.92 Å². The van der Waals surface area contributed by atoms with Crippen LogP contribution >= 0.6 is 0 Å². The number of fused-ring (bicyclic) bond motifs is 1. The highest BCUT2D eigenvalue weighted by Gasteiger charge is 2.05. The molecule has 1 heterocycles. The van der Waals surface area contributed by atoms with E-state index in [4.69, 9.17) is 9.47 Å². The first-order chi connectivity index (χ1) is 13.1. The number of hydrogen-bond acceptors (Lipinski definition) is 3. The van der Waals surface area contributed by atoms with E-state index in [9.17, 15) is 4.79 Å². The number of ether oxygens (including phenoxy) is 2.